The van der Waals surface area contributed by atoms with Gasteiger partial charge in [0.05, 0.1) is 33.0 Å². The number of hydrogen-bond acceptors (Lipinski definition) is 5. The van der Waals surface area contributed by atoms with Crippen LogP contribution >= 0.6 is 63.1 Å². The first-order valence-corrected chi connectivity index (χ1v) is 43.3. The highest BCUT2D eigenvalue weighted by molar-refractivity contribution is 7.81. The molecular formula is C100H130F5O5S5. The second-order valence-electron chi connectivity index (χ2n) is 28.5. The van der Waals surface area contributed by atoms with Gasteiger partial charge in [0.2, 0.25) is 0 Å². The maximum atomic E-state index is 5.77. The van der Waals surface area contributed by atoms with Gasteiger partial charge in [-0.15, -0.1) is 0 Å². The summed E-state index contributed by atoms with van der Waals surface area (Å²) in [6, 6.07) is 83.8. The predicted octanol–water partition coefficient (Wildman–Crippen LogP) is 30.7. The maximum absolute atomic E-state index is 5.77. The average Bonchev–Trinajstić information content (AvgIpc) is 0.912. The van der Waals surface area contributed by atoms with Crippen molar-refractivity contribution in [2.75, 3.05) is 33.0 Å². The lowest BCUT2D eigenvalue weighted by atomic mass is 10.0. The lowest BCUT2D eigenvalue weighted by Crippen LogP contribution is -1.97. The Morgan fingerprint density at radius 3 is 0.383 bits per heavy atom. The number of aryl methyl sites for hydroxylation is 10. The van der Waals surface area contributed by atoms with Crippen LogP contribution in [0.1, 0.15) is 219 Å². The van der Waals surface area contributed by atoms with Gasteiger partial charge in [-0.25, -0.2) is 0 Å². The zero-order chi connectivity index (χ0) is 78.1. The minimum Gasteiger partial charge on any atom is -0.494 e. The topological polar surface area (TPSA) is 46.2 Å². The summed E-state index contributed by atoms with van der Waals surface area (Å²) in [4.78, 5) is 4.53. The van der Waals surface area contributed by atoms with E-state index < -0.39 is 0 Å². The Labute approximate surface area is 717 Å². The number of rotatable bonds is 45. The van der Waals surface area contributed by atoms with E-state index in [4.69, 9.17) is 86.8 Å². The molecule has 5 nitrogen and oxygen atoms in total. The minimum atomic E-state index is 0. The first kappa shape index (κ1) is 105. The summed E-state index contributed by atoms with van der Waals surface area (Å²) < 4.78 is 28.9. The van der Waals surface area contributed by atoms with Gasteiger partial charge in [-0.05, 0) is 273 Å². The van der Waals surface area contributed by atoms with Crippen molar-refractivity contribution in [1.82, 2.24) is 0 Å². The van der Waals surface area contributed by atoms with Crippen LogP contribution in [0.25, 0.3) is 0 Å². The molecule has 0 aliphatic rings. The first-order chi connectivity index (χ1) is 53.9. The number of ether oxygens (including phenoxy) is 5. The molecule has 0 saturated heterocycles. The molecule has 0 aliphatic carbocycles. The Morgan fingerprint density at radius 2 is 0.270 bits per heavy atom. The van der Waals surface area contributed by atoms with Gasteiger partial charge >= 0.3 is 0 Å². The molecule has 0 atom stereocenters. The monoisotopic (exact) mass is 1670 g/mol. The molecule has 0 amide bonds. The smallest absolute Gasteiger partial charge is 0.119 e. The highest BCUT2D eigenvalue weighted by atomic mass is 32.1. The third-order valence-electron chi connectivity index (χ3n) is 19.1. The van der Waals surface area contributed by atoms with Crippen LogP contribution < -0.4 is 23.7 Å². The highest BCUT2D eigenvalue weighted by Crippen LogP contribution is 2.23. The van der Waals surface area contributed by atoms with Crippen LogP contribution in [0.5, 0.6) is 28.7 Å². The van der Waals surface area contributed by atoms with Crippen molar-refractivity contribution < 1.29 is 47.2 Å². The fraction of sp³-hybridized carbons (Fsp3) is 0.400. The fourth-order valence-electron chi connectivity index (χ4n) is 12.1. The zero-order valence-corrected chi connectivity index (χ0v) is 73.0. The van der Waals surface area contributed by atoms with Crippen LogP contribution in [0.15, 0.2) is 267 Å². The van der Waals surface area contributed by atoms with E-state index in [0.717, 1.165) is 183 Å². The van der Waals surface area contributed by atoms with Crippen LogP contribution in [0, 0.1) is 0 Å². The van der Waals surface area contributed by atoms with Crippen molar-refractivity contribution in [1.29, 1.82) is 0 Å². The summed E-state index contributed by atoms with van der Waals surface area (Å²) >= 11 is 25.5. The fourth-order valence-corrected chi connectivity index (χ4v) is 12.8. The van der Waals surface area contributed by atoms with E-state index >= 15 is 0 Å². The summed E-state index contributed by atoms with van der Waals surface area (Å²) in [5.41, 5.74) is 13.4. The quantitative estimate of drug-likeness (QED) is 0.0281. The van der Waals surface area contributed by atoms with Crippen molar-refractivity contribution in [3.8, 4) is 28.7 Å². The molecule has 0 unspecified atom stereocenters. The van der Waals surface area contributed by atoms with Gasteiger partial charge in [-0.1, -0.05) is 315 Å². The predicted molar refractivity (Wildman–Crippen MR) is 491 cm³/mol. The van der Waals surface area contributed by atoms with Gasteiger partial charge in [0.1, 0.15) is 28.7 Å². The molecule has 5 radical (unpaired) electrons. The number of halogens is 5. The van der Waals surface area contributed by atoms with Crippen LogP contribution in [0.2, 0.25) is 0 Å². The van der Waals surface area contributed by atoms with Crippen LogP contribution in [0.4, 0.5) is 23.5 Å². The number of hydrogen-bond donors (Lipinski definition) is 0. The van der Waals surface area contributed by atoms with Crippen LogP contribution in [-0.4, -0.2) is 33.0 Å². The lowest BCUT2D eigenvalue weighted by Gasteiger charge is -2.07. The van der Waals surface area contributed by atoms with Crippen molar-refractivity contribution in [2.45, 2.75) is 252 Å². The van der Waals surface area contributed by atoms with Crippen molar-refractivity contribution in [2.24, 2.45) is 0 Å². The maximum Gasteiger partial charge on any atom is 0.119 e. The lowest BCUT2D eigenvalue weighted by molar-refractivity contribution is 0.305. The zero-order valence-electron chi connectivity index (χ0n) is 69.0. The van der Waals surface area contributed by atoms with Crippen molar-refractivity contribution in [3.05, 3.63) is 298 Å². The molecule has 10 aromatic carbocycles. The van der Waals surface area contributed by atoms with Gasteiger partial charge in [0.25, 0.3) is 0 Å². The molecule has 0 saturated carbocycles. The van der Waals surface area contributed by atoms with Crippen molar-refractivity contribution >= 4 is 63.1 Å². The van der Waals surface area contributed by atoms with E-state index in [1.807, 2.05) is 60.7 Å². The van der Waals surface area contributed by atoms with Gasteiger partial charge in [0.15, 0.2) is 0 Å². The first-order valence-electron chi connectivity index (χ1n) is 41.3. The molecule has 625 valence electrons. The SMILES string of the molecule is CCCCCCOc1ccc(CCc2ccc([S])cc2)cc1.CCCCCCOc1ccc(CCc2ccc([S])cc2)cc1.CCCCCCOc1ccc(CCc2ccc([S])cc2)cc1.CCCCCCOc1ccc(CCc2ccc([S])cc2)cc1.CCCCCCOc1ccc(CCc2ccc([S])cc2)cc1.F.F.F.F.F. The van der Waals surface area contributed by atoms with Crippen molar-refractivity contribution in [3.63, 3.8) is 0 Å². The third-order valence-corrected chi connectivity index (χ3v) is 20.4. The second-order valence-corrected chi connectivity index (χ2v) is 30.8. The average molecular weight is 1670 g/mol. The second kappa shape index (κ2) is 67.0. The van der Waals surface area contributed by atoms with Crippen LogP contribution in [-0.2, 0) is 64.2 Å². The minimum absolute atomic E-state index is 0. The standard InChI is InChI=1S/5C20H25OS.5FH/c5*1-2-3-4-5-16-21-19-12-8-17(9-13-19)6-7-18-10-14-20(22)15-11-18;;;;;/h5*8-15H,2-7,16H2,1H3;5*1H. The Morgan fingerprint density at radius 1 is 0.157 bits per heavy atom. The van der Waals surface area contributed by atoms with E-state index in [-0.39, 0.29) is 23.5 Å². The summed E-state index contributed by atoms with van der Waals surface area (Å²) in [6.45, 7) is 15.3. The normalized spacial score (nSPS) is 10.1. The van der Waals surface area contributed by atoms with Gasteiger partial charge in [-0.3, -0.25) is 23.5 Å². The van der Waals surface area contributed by atoms with E-state index in [1.54, 1.807) is 0 Å². The van der Waals surface area contributed by atoms with E-state index in [0.29, 0.717) is 0 Å². The van der Waals surface area contributed by atoms with E-state index in [2.05, 4.69) is 217 Å². The van der Waals surface area contributed by atoms with Gasteiger partial charge in [-0.2, -0.15) is 0 Å². The molecule has 0 N–H and O–H groups in total. The molecule has 0 aromatic heterocycles. The molecule has 0 aliphatic heterocycles. The summed E-state index contributed by atoms with van der Waals surface area (Å²) in [7, 11) is 0. The molecule has 15 heteroatoms. The molecule has 0 fully saturated rings. The Hall–Kier alpha value is -8.05. The Balaban J connectivity index is 0.000000711. The molecule has 115 heavy (non-hydrogen) atoms. The summed E-state index contributed by atoms with van der Waals surface area (Å²) in [5, 5.41) is 0. The van der Waals surface area contributed by atoms with Gasteiger partial charge < -0.3 is 23.7 Å². The Bertz CT molecular complexity index is 3280. The third kappa shape index (κ3) is 49.6. The molecule has 0 bridgehead atoms. The molecular weight excluding hydrogens is 1540 g/mol. The number of unbranched alkanes of at least 4 members (excludes halogenated alkanes) is 15. The van der Waals surface area contributed by atoms with Crippen LogP contribution in [0.3, 0.4) is 0 Å². The molecule has 0 spiro atoms. The van der Waals surface area contributed by atoms with E-state index in [1.165, 1.54) is 152 Å². The molecule has 10 aromatic rings. The molecule has 10 rings (SSSR count). The summed E-state index contributed by atoms with van der Waals surface area (Å²) in [6.07, 6.45) is 35.4. The molecule has 0 heterocycles. The number of benzene rings is 10. The largest absolute Gasteiger partial charge is 0.494 e. The highest BCUT2D eigenvalue weighted by Gasteiger charge is 2.06. The Kier molecular flexibility index (Phi) is 61.2. The summed E-state index contributed by atoms with van der Waals surface area (Å²) in [5.74, 6) is 4.91. The van der Waals surface area contributed by atoms with E-state index in [9.17, 15) is 0 Å². The van der Waals surface area contributed by atoms with Gasteiger partial charge in [0, 0.05) is 24.5 Å².